The van der Waals surface area contributed by atoms with Gasteiger partial charge in [-0.15, -0.1) is 0 Å². The van der Waals surface area contributed by atoms with E-state index in [0.717, 1.165) is 16.9 Å². The fourth-order valence-electron chi connectivity index (χ4n) is 7.67. The first kappa shape index (κ1) is 31.8. The average molecular weight is 624 g/mol. The minimum atomic E-state index is -1.13. The molecule has 2 amide bonds. The maximum Gasteiger partial charge on any atom is 0.250 e. The van der Waals surface area contributed by atoms with E-state index >= 15 is 4.39 Å². The molecule has 0 spiro atoms. The standard InChI is InChI=1S/C38H46FN5O2/c1-25-34(29-12-8-10-14-32(29)40-25)35-30(37(35,2)3)23-33(45)44(24-26-11-7-9-13-31(26)39)38(19-21-43(6)22-20-38)36(46)41-27-15-17-28(18-16-27)42(4)5/h7-18,30,35,40H,19-24H2,1-6H3,(H,41,46)/t30-,35-/m0/s1. The van der Waals surface area contributed by atoms with E-state index in [1.807, 2.05) is 56.4 Å². The van der Waals surface area contributed by atoms with Gasteiger partial charge in [0.15, 0.2) is 0 Å². The Balaban J connectivity index is 1.35. The van der Waals surface area contributed by atoms with Crippen molar-refractivity contribution in [2.24, 2.45) is 11.3 Å². The van der Waals surface area contributed by atoms with Gasteiger partial charge in [0.05, 0.1) is 0 Å². The normalized spacial score (nSPS) is 20.3. The zero-order valence-electron chi connectivity index (χ0n) is 27.9. The van der Waals surface area contributed by atoms with Crippen LogP contribution in [0.2, 0.25) is 0 Å². The van der Waals surface area contributed by atoms with E-state index < -0.39 is 5.54 Å². The largest absolute Gasteiger partial charge is 0.378 e. The number of nitrogens with one attached hydrogen (secondary N) is 2. The number of anilines is 2. The number of halogens is 1. The second-order valence-electron chi connectivity index (χ2n) is 14.1. The molecule has 1 aliphatic heterocycles. The maximum absolute atomic E-state index is 15.2. The number of aromatic nitrogens is 1. The minimum Gasteiger partial charge on any atom is -0.378 e. The highest BCUT2D eigenvalue weighted by molar-refractivity contribution is 6.01. The van der Waals surface area contributed by atoms with Crippen LogP contribution in [0.5, 0.6) is 0 Å². The highest BCUT2D eigenvalue weighted by atomic mass is 19.1. The lowest BCUT2D eigenvalue weighted by molar-refractivity contribution is -0.150. The summed E-state index contributed by atoms with van der Waals surface area (Å²) in [7, 11) is 5.98. The molecule has 0 bridgehead atoms. The van der Waals surface area contributed by atoms with Gasteiger partial charge in [-0.2, -0.15) is 0 Å². The van der Waals surface area contributed by atoms with Gasteiger partial charge < -0.3 is 25.0 Å². The van der Waals surface area contributed by atoms with E-state index in [4.69, 9.17) is 0 Å². The molecule has 0 unspecified atom stereocenters. The summed E-state index contributed by atoms with van der Waals surface area (Å²) in [4.78, 5) is 38.6. The third kappa shape index (κ3) is 5.79. The molecule has 1 saturated carbocycles. The Morgan fingerprint density at radius 3 is 2.30 bits per heavy atom. The Bertz CT molecular complexity index is 1740. The Labute approximate surface area is 271 Å². The van der Waals surface area contributed by atoms with Gasteiger partial charge in [-0.05, 0) is 86.0 Å². The molecule has 7 nitrogen and oxygen atoms in total. The SMILES string of the molecule is Cc1[nH]c2ccccc2c1[C@@H]1[C@H](CC(=O)N(Cc2ccccc2F)C2(C(=O)Nc3ccc(N(C)C)cc3)CCN(C)CC2)C1(C)C. The van der Waals surface area contributed by atoms with E-state index in [0.29, 0.717) is 37.2 Å². The zero-order valence-corrected chi connectivity index (χ0v) is 27.9. The number of benzene rings is 3. The molecule has 242 valence electrons. The van der Waals surface area contributed by atoms with Crippen molar-refractivity contribution in [2.75, 3.05) is 44.4 Å². The Morgan fingerprint density at radius 2 is 1.63 bits per heavy atom. The van der Waals surface area contributed by atoms with Crippen LogP contribution in [0.25, 0.3) is 10.9 Å². The van der Waals surface area contributed by atoms with Crippen LogP contribution in [0.4, 0.5) is 15.8 Å². The summed E-state index contributed by atoms with van der Waals surface area (Å²) in [5.41, 5.74) is 4.38. The van der Waals surface area contributed by atoms with Gasteiger partial charge >= 0.3 is 0 Å². The molecule has 1 aromatic heterocycles. The Kier molecular flexibility index (Phi) is 8.44. The number of carbonyl (C=O) groups excluding carboxylic acids is 2. The first-order valence-corrected chi connectivity index (χ1v) is 16.3. The van der Waals surface area contributed by atoms with Gasteiger partial charge in [-0.1, -0.05) is 50.2 Å². The fourth-order valence-corrected chi connectivity index (χ4v) is 7.67. The molecule has 6 rings (SSSR count). The van der Waals surface area contributed by atoms with Crippen LogP contribution in [-0.4, -0.2) is 66.4 Å². The van der Waals surface area contributed by atoms with Crippen molar-refractivity contribution < 1.29 is 14.0 Å². The zero-order chi connectivity index (χ0) is 32.8. The van der Waals surface area contributed by atoms with Crippen LogP contribution in [-0.2, 0) is 16.1 Å². The number of para-hydroxylation sites is 1. The molecule has 8 heteroatoms. The van der Waals surface area contributed by atoms with E-state index in [2.05, 4.69) is 54.2 Å². The predicted octanol–water partition coefficient (Wildman–Crippen LogP) is 6.94. The molecule has 1 saturated heterocycles. The van der Waals surface area contributed by atoms with Gasteiger partial charge in [-0.25, -0.2) is 4.39 Å². The Morgan fingerprint density at radius 1 is 0.978 bits per heavy atom. The second kappa shape index (κ2) is 12.2. The highest BCUT2D eigenvalue weighted by Crippen LogP contribution is 2.67. The molecule has 3 aromatic carbocycles. The molecule has 2 atom stereocenters. The van der Waals surface area contributed by atoms with Crippen molar-refractivity contribution in [1.29, 1.82) is 0 Å². The van der Waals surface area contributed by atoms with E-state index in [-0.39, 0.29) is 47.8 Å². The van der Waals surface area contributed by atoms with Gasteiger partial charge in [0.1, 0.15) is 11.4 Å². The third-order valence-corrected chi connectivity index (χ3v) is 10.7. The fraction of sp³-hybridized carbons (Fsp3) is 0.421. The van der Waals surface area contributed by atoms with E-state index in [1.165, 1.54) is 17.0 Å². The first-order chi connectivity index (χ1) is 21.9. The number of fused-ring (bicyclic) bond motifs is 1. The number of likely N-dealkylation sites (tertiary alicyclic amines) is 1. The first-order valence-electron chi connectivity index (χ1n) is 16.3. The van der Waals surface area contributed by atoms with Gasteiger partial charge in [0.25, 0.3) is 0 Å². The van der Waals surface area contributed by atoms with Crippen molar-refractivity contribution in [1.82, 2.24) is 14.8 Å². The van der Waals surface area contributed by atoms with Crippen molar-refractivity contribution >= 4 is 34.1 Å². The number of piperidine rings is 1. The highest BCUT2D eigenvalue weighted by Gasteiger charge is 2.60. The molecular formula is C38H46FN5O2. The van der Waals surface area contributed by atoms with Crippen LogP contribution in [0.1, 0.15) is 55.8 Å². The van der Waals surface area contributed by atoms with Crippen LogP contribution in [0.3, 0.4) is 0 Å². The molecule has 2 heterocycles. The summed E-state index contributed by atoms with van der Waals surface area (Å²) in [6, 6.07) is 22.6. The molecule has 1 aliphatic carbocycles. The predicted molar refractivity (Wildman–Crippen MR) is 183 cm³/mol. The summed E-state index contributed by atoms with van der Waals surface area (Å²) < 4.78 is 15.2. The number of hydrogen-bond acceptors (Lipinski definition) is 4. The molecule has 0 radical (unpaired) electrons. The van der Waals surface area contributed by atoms with E-state index in [9.17, 15) is 9.59 Å². The van der Waals surface area contributed by atoms with Crippen molar-refractivity contribution in [3.63, 3.8) is 0 Å². The lowest BCUT2D eigenvalue weighted by Gasteiger charge is -2.47. The average Bonchev–Trinajstić information content (AvgIpc) is 3.37. The molecule has 2 fully saturated rings. The van der Waals surface area contributed by atoms with Crippen molar-refractivity contribution in [2.45, 2.75) is 58.0 Å². The number of H-pyrrole nitrogens is 1. The lowest BCUT2D eigenvalue weighted by atomic mass is 9.83. The summed E-state index contributed by atoms with van der Waals surface area (Å²) in [5.74, 6) is -0.417. The molecular weight excluding hydrogens is 577 g/mol. The van der Waals surface area contributed by atoms with Crippen LogP contribution < -0.4 is 10.2 Å². The van der Waals surface area contributed by atoms with Gasteiger partial charge in [0, 0.05) is 73.7 Å². The number of nitrogens with zero attached hydrogens (tertiary/aromatic N) is 3. The van der Waals surface area contributed by atoms with Gasteiger partial charge in [-0.3, -0.25) is 9.59 Å². The van der Waals surface area contributed by atoms with Crippen LogP contribution in [0, 0.1) is 24.1 Å². The summed E-state index contributed by atoms with van der Waals surface area (Å²) >= 11 is 0. The number of hydrogen-bond donors (Lipinski definition) is 2. The minimum absolute atomic E-state index is 0.0339. The summed E-state index contributed by atoms with van der Waals surface area (Å²) in [5, 5.41) is 4.34. The summed E-state index contributed by atoms with van der Waals surface area (Å²) in [6.45, 7) is 7.91. The molecule has 4 aromatic rings. The maximum atomic E-state index is 15.2. The van der Waals surface area contributed by atoms with Gasteiger partial charge in [0.2, 0.25) is 11.8 Å². The summed E-state index contributed by atoms with van der Waals surface area (Å²) in [6.07, 6.45) is 1.21. The van der Waals surface area contributed by atoms with Crippen LogP contribution >= 0.6 is 0 Å². The smallest absolute Gasteiger partial charge is 0.250 e. The number of rotatable bonds is 9. The number of aromatic amines is 1. The van der Waals surface area contributed by atoms with Crippen LogP contribution in [0.15, 0.2) is 72.8 Å². The topological polar surface area (TPSA) is 71.7 Å². The molecule has 2 N–H and O–H groups in total. The second-order valence-corrected chi connectivity index (χ2v) is 14.1. The molecule has 2 aliphatic rings. The Hall–Kier alpha value is -4.17. The van der Waals surface area contributed by atoms with Crippen molar-refractivity contribution in [3.8, 4) is 0 Å². The number of amides is 2. The third-order valence-electron chi connectivity index (χ3n) is 10.7. The van der Waals surface area contributed by atoms with Crippen molar-refractivity contribution in [3.05, 3.63) is 95.4 Å². The lowest BCUT2D eigenvalue weighted by Crippen LogP contribution is -2.63. The number of aryl methyl sites for hydroxylation is 1. The van der Waals surface area contributed by atoms with E-state index in [1.54, 1.807) is 23.1 Å². The monoisotopic (exact) mass is 623 g/mol. The number of carbonyl (C=O) groups is 2. The quantitative estimate of drug-likeness (QED) is 0.212. The molecule has 46 heavy (non-hydrogen) atoms.